The monoisotopic (exact) mass is 360 g/mol. The van der Waals surface area contributed by atoms with Gasteiger partial charge in [0.1, 0.15) is 5.75 Å². The summed E-state index contributed by atoms with van der Waals surface area (Å²) >= 11 is 0. The number of rotatable bonds is 0. The maximum Gasteiger partial charge on any atom is 2.00 e. The Morgan fingerprint density at radius 2 is 1.27 bits per heavy atom. The van der Waals surface area contributed by atoms with Crippen LogP contribution in [0.4, 0.5) is 0 Å². The third-order valence-corrected chi connectivity index (χ3v) is 0.756. The van der Waals surface area contributed by atoms with E-state index >= 15 is 0 Å². The van der Waals surface area contributed by atoms with Gasteiger partial charge in [-0.05, 0) is 12.1 Å². The molecule has 4 heteroatoms. The van der Waals surface area contributed by atoms with E-state index in [-0.39, 0.29) is 54.6 Å². The van der Waals surface area contributed by atoms with E-state index in [9.17, 15) is 0 Å². The molecule has 0 atom stereocenters. The zero-order valence-electron chi connectivity index (χ0n) is 6.04. The average Bonchev–Trinajstić information content (AvgIpc) is 1.69. The van der Waals surface area contributed by atoms with Crippen molar-refractivity contribution in [1.29, 1.82) is 0 Å². The molecule has 1 rings (SSSR count). The Labute approximate surface area is 95.5 Å². The largest absolute Gasteiger partial charge is 2.00 e. The Kier molecular flexibility index (Phi) is 26.5. The molecule has 0 aromatic heterocycles. The van der Waals surface area contributed by atoms with Gasteiger partial charge in [0, 0.05) is 0 Å². The molecule has 1 radical (unpaired) electrons. The van der Waals surface area contributed by atoms with Crippen LogP contribution in [-0.4, -0.2) is 5.11 Å². The average molecular weight is 361 g/mol. The Morgan fingerprint density at radius 1 is 0.909 bits per heavy atom. The first-order valence-electron chi connectivity index (χ1n) is 2.13. The first-order chi connectivity index (χ1) is 3.39. The van der Waals surface area contributed by atoms with Crippen molar-refractivity contribution in [3.05, 3.63) is 37.8 Å². The molecular weight excluding hydrogens is 352 g/mol. The minimum absolute atomic E-state index is 0. The Balaban J connectivity index is -0.0000000612. The van der Waals surface area contributed by atoms with Gasteiger partial charge in [-0.1, -0.05) is 18.2 Å². The predicted molar refractivity (Wildman–Crippen MR) is 34.5 cm³/mol. The summed E-state index contributed by atoms with van der Waals surface area (Å²) in [5, 5.41) is 8.63. The fourth-order valence-electron chi connectivity index (χ4n) is 0.428. The van der Waals surface area contributed by atoms with E-state index < -0.39 is 0 Å². The first-order valence-corrected chi connectivity index (χ1v) is 2.13. The van der Waals surface area contributed by atoms with Crippen LogP contribution in [0.5, 0.6) is 5.75 Å². The molecule has 0 spiro atoms. The molecule has 0 amide bonds. The van der Waals surface area contributed by atoms with Gasteiger partial charge in [0.15, 0.2) is 0 Å². The maximum atomic E-state index is 8.63. The van der Waals surface area contributed by atoms with Gasteiger partial charge in [0.25, 0.3) is 0 Å². The van der Waals surface area contributed by atoms with Crippen molar-refractivity contribution in [2.75, 3.05) is 0 Å². The molecule has 0 aliphatic carbocycles. The van der Waals surface area contributed by atoms with Crippen LogP contribution in [0.25, 0.3) is 0 Å². The van der Waals surface area contributed by atoms with Gasteiger partial charge in [0.05, 0.1) is 0 Å². The van der Waals surface area contributed by atoms with Crippen molar-refractivity contribution in [3.63, 3.8) is 0 Å². The molecule has 63 valence electrons. The number of hydrogen-bond acceptors (Lipinski definition) is 1. The SMILES string of the molecule is Oc1ccccc1.[CH3-].[Cl-].[Cl-].[Ta+2]. The summed E-state index contributed by atoms with van der Waals surface area (Å²) in [5.41, 5.74) is 0. The fourth-order valence-corrected chi connectivity index (χ4v) is 0.428. The number of benzene rings is 1. The maximum absolute atomic E-state index is 8.63. The Hall–Kier alpha value is 0.340. The van der Waals surface area contributed by atoms with E-state index in [0.29, 0.717) is 5.75 Å². The second-order valence-electron chi connectivity index (χ2n) is 1.34. The molecule has 0 saturated carbocycles. The molecule has 0 aliphatic rings. The zero-order valence-corrected chi connectivity index (χ0v) is 10.8. The van der Waals surface area contributed by atoms with Crippen LogP contribution in [0.3, 0.4) is 0 Å². The van der Waals surface area contributed by atoms with Crippen LogP contribution < -0.4 is 24.8 Å². The van der Waals surface area contributed by atoms with Crippen molar-refractivity contribution >= 4 is 0 Å². The van der Waals surface area contributed by atoms with Gasteiger partial charge < -0.3 is 37.3 Å². The third-order valence-electron chi connectivity index (χ3n) is 0.756. The van der Waals surface area contributed by atoms with Crippen LogP contribution in [0.2, 0.25) is 0 Å². The van der Waals surface area contributed by atoms with Crippen molar-refractivity contribution in [2.24, 2.45) is 0 Å². The topological polar surface area (TPSA) is 20.2 Å². The quantitative estimate of drug-likeness (QED) is 0.466. The number of hydrogen-bond donors (Lipinski definition) is 1. The number of phenols is 1. The second kappa shape index (κ2) is 13.0. The molecule has 1 nitrogen and oxygen atoms in total. The van der Waals surface area contributed by atoms with E-state index in [2.05, 4.69) is 0 Å². The first kappa shape index (κ1) is 22.5. The smallest absolute Gasteiger partial charge is 1.00 e. The second-order valence-corrected chi connectivity index (χ2v) is 1.34. The van der Waals surface area contributed by atoms with Gasteiger partial charge >= 0.3 is 22.4 Å². The number of aromatic hydroxyl groups is 1. The summed E-state index contributed by atoms with van der Waals surface area (Å²) in [6.07, 6.45) is 0. The molecule has 1 aromatic carbocycles. The molecule has 0 fully saturated rings. The normalized spacial score (nSPS) is 5.45. The molecule has 0 bridgehead atoms. The van der Waals surface area contributed by atoms with Crippen molar-refractivity contribution < 1.29 is 52.3 Å². The minimum Gasteiger partial charge on any atom is -1.00 e. The van der Waals surface area contributed by atoms with Gasteiger partial charge in [-0.15, -0.1) is 0 Å². The summed E-state index contributed by atoms with van der Waals surface area (Å²) in [5.74, 6) is 0.322. The molecular formula is C7H9Cl2OTa-. The van der Waals surface area contributed by atoms with Crippen LogP contribution in [0.1, 0.15) is 0 Å². The van der Waals surface area contributed by atoms with E-state index in [1.807, 2.05) is 6.07 Å². The molecule has 0 saturated heterocycles. The van der Waals surface area contributed by atoms with Crippen LogP contribution in [-0.2, 0) is 22.4 Å². The van der Waals surface area contributed by atoms with E-state index in [0.717, 1.165) is 0 Å². The molecule has 0 unspecified atom stereocenters. The zero-order chi connectivity index (χ0) is 5.11. The Morgan fingerprint density at radius 3 is 1.45 bits per heavy atom. The molecule has 0 aliphatic heterocycles. The van der Waals surface area contributed by atoms with Gasteiger partial charge in [0.2, 0.25) is 0 Å². The number of para-hydroxylation sites is 1. The van der Waals surface area contributed by atoms with E-state index in [4.69, 9.17) is 5.11 Å². The summed E-state index contributed by atoms with van der Waals surface area (Å²) in [4.78, 5) is 0. The van der Waals surface area contributed by atoms with Gasteiger partial charge in [-0.2, -0.15) is 0 Å². The summed E-state index contributed by atoms with van der Waals surface area (Å²) in [6, 6.07) is 8.71. The van der Waals surface area contributed by atoms with E-state index in [1.165, 1.54) is 0 Å². The predicted octanol–water partition coefficient (Wildman–Crippen LogP) is -4.15. The van der Waals surface area contributed by atoms with Gasteiger partial charge in [-0.3, -0.25) is 0 Å². The molecule has 0 heterocycles. The fraction of sp³-hybridized carbons (Fsp3) is 0. The number of phenolic OH excluding ortho intramolecular Hbond substituents is 1. The Bertz CT molecular complexity index is 146. The molecule has 11 heavy (non-hydrogen) atoms. The molecule has 1 aromatic rings. The van der Waals surface area contributed by atoms with Crippen LogP contribution in [0, 0.1) is 7.43 Å². The van der Waals surface area contributed by atoms with Crippen molar-refractivity contribution in [1.82, 2.24) is 0 Å². The van der Waals surface area contributed by atoms with Crippen molar-refractivity contribution in [2.45, 2.75) is 0 Å². The van der Waals surface area contributed by atoms with Gasteiger partial charge in [-0.25, -0.2) is 0 Å². The standard InChI is InChI=1S/C6H6O.CH3.2ClH.Ta/c7-6-4-2-1-3-5-6;;;;/h1-5,7H;1H3;2*1H;/q;-1;;;+2/p-2. The third kappa shape index (κ3) is 10.3. The van der Waals surface area contributed by atoms with Crippen LogP contribution in [0.15, 0.2) is 30.3 Å². The number of halogens is 2. The van der Waals surface area contributed by atoms with E-state index in [1.54, 1.807) is 24.3 Å². The molecule has 1 N–H and O–H groups in total. The summed E-state index contributed by atoms with van der Waals surface area (Å²) in [6.45, 7) is 0. The minimum atomic E-state index is 0. The summed E-state index contributed by atoms with van der Waals surface area (Å²) in [7, 11) is 0. The van der Waals surface area contributed by atoms with Crippen LogP contribution >= 0.6 is 0 Å². The van der Waals surface area contributed by atoms with Crippen molar-refractivity contribution in [3.8, 4) is 5.75 Å². The summed E-state index contributed by atoms with van der Waals surface area (Å²) < 4.78 is 0.